The lowest BCUT2D eigenvalue weighted by Gasteiger charge is -1.97. The smallest absolute Gasteiger partial charge is 0.116 e. The highest BCUT2D eigenvalue weighted by Gasteiger charge is 1.88. The molecular formula is C18H26O. The highest BCUT2D eigenvalue weighted by atomic mass is 16.3. The first-order valence-corrected chi connectivity index (χ1v) is 7.45. The Labute approximate surface area is 117 Å². The molecule has 0 bridgehead atoms. The molecule has 1 rings (SSSR count). The fourth-order valence-corrected chi connectivity index (χ4v) is 2.01. The fraction of sp³-hybridized carbons (Fsp3) is 0.444. The first-order valence-electron chi connectivity index (χ1n) is 7.45. The molecule has 0 aromatic heterocycles. The van der Waals surface area contributed by atoms with Gasteiger partial charge in [0.2, 0.25) is 0 Å². The van der Waals surface area contributed by atoms with Gasteiger partial charge < -0.3 is 5.11 Å². The highest BCUT2D eigenvalue weighted by molar-refractivity contribution is 5.52. The van der Waals surface area contributed by atoms with Gasteiger partial charge in [-0.1, -0.05) is 75.5 Å². The molecule has 0 unspecified atom stereocenters. The number of aromatic hydroxyl groups is 1. The molecule has 19 heavy (non-hydrogen) atoms. The summed E-state index contributed by atoms with van der Waals surface area (Å²) in [6, 6.07) is 7.29. The summed E-state index contributed by atoms with van der Waals surface area (Å²) in [5.41, 5.74) is 1.03. The van der Waals surface area contributed by atoms with Crippen LogP contribution in [0.3, 0.4) is 0 Å². The van der Waals surface area contributed by atoms with Gasteiger partial charge in [0.15, 0.2) is 0 Å². The zero-order valence-electron chi connectivity index (χ0n) is 12.0. The van der Waals surface area contributed by atoms with E-state index in [1.807, 2.05) is 24.3 Å². The van der Waals surface area contributed by atoms with Crippen LogP contribution in [-0.2, 0) is 0 Å². The van der Waals surface area contributed by atoms with Crippen LogP contribution in [0.4, 0.5) is 0 Å². The van der Waals surface area contributed by atoms with E-state index in [2.05, 4.69) is 19.1 Å². The number of hydrogen-bond donors (Lipinski definition) is 1. The number of benzene rings is 1. The van der Waals surface area contributed by atoms with Gasteiger partial charge in [-0.3, -0.25) is 0 Å². The third-order valence-corrected chi connectivity index (χ3v) is 3.13. The number of phenols is 1. The van der Waals surface area contributed by atoms with E-state index in [1.165, 1.54) is 38.5 Å². The zero-order valence-corrected chi connectivity index (χ0v) is 12.0. The van der Waals surface area contributed by atoms with Crippen LogP contribution in [-0.4, -0.2) is 5.11 Å². The molecule has 1 nitrogen and oxygen atoms in total. The van der Waals surface area contributed by atoms with E-state index in [9.17, 15) is 5.11 Å². The Balaban J connectivity index is 2.10. The van der Waals surface area contributed by atoms with Crippen molar-refractivity contribution in [3.63, 3.8) is 0 Å². The number of unbranched alkanes of at least 4 members (excludes halogenated alkanes) is 6. The second-order valence-corrected chi connectivity index (χ2v) is 4.94. The average Bonchev–Trinajstić information content (AvgIpc) is 2.41. The lowest BCUT2D eigenvalue weighted by molar-refractivity contribution is 0.475. The predicted molar refractivity (Wildman–Crippen MR) is 84.3 cm³/mol. The number of allylic oxidation sites excluding steroid dienone is 3. The van der Waals surface area contributed by atoms with Gasteiger partial charge in [0.1, 0.15) is 5.75 Å². The van der Waals surface area contributed by atoms with Crippen molar-refractivity contribution >= 4 is 6.08 Å². The minimum Gasteiger partial charge on any atom is -0.508 e. The molecule has 0 radical (unpaired) electrons. The van der Waals surface area contributed by atoms with Crippen molar-refractivity contribution in [3.05, 3.63) is 48.1 Å². The topological polar surface area (TPSA) is 20.2 Å². The maximum Gasteiger partial charge on any atom is 0.116 e. The Morgan fingerprint density at radius 3 is 2.58 bits per heavy atom. The van der Waals surface area contributed by atoms with Gasteiger partial charge in [0.05, 0.1) is 0 Å². The van der Waals surface area contributed by atoms with E-state index in [1.54, 1.807) is 12.1 Å². The van der Waals surface area contributed by atoms with Gasteiger partial charge in [0.25, 0.3) is 0 Å². The average molecular weight is 258 g/mol. The molecule has 0 aliphatic rings. The molecule has 1 heteroatoms. The number of rotatable bonds is 9. The molecule has 104 valence electrons. The van der Waals surface area contributed by atoms with Gasteiger partial charge in [0, 0.05) is 0 Å². The lowest BCUT2D eigenvalue weighted by atomic mass is 10.1. The summed E-state index contributed by atoms with van der Waals surface area (Å²) in [4.78, 5) is 0. The van der Waals surface area contributed by atoms with E-state index in [0.29, 0.717) is 5.75 Å². The second-order valence-electron chi connectivity index (χ2n) is 4.94. The molecule has 1 N–H and O–H groups in total. The molecule has 0 heterocycles. The van der Waals surface area contributed by atoms with Crippen molar-refractivity contribution in [2.45, 2.75) is 51.9 Å². The maximum absolute atomic E-state index is 9.32. The van der Waals surface area contributed by atoms with Gasteiger partial charge in [-0.05, 0) is 30.5 Å². The third kappa shape index (κ3) is 8.25. The van der Waals surface area contributed by atoms with Crippen molar-refractivity contribution < 1.29 is 5.11 Å². The Kier molecular flexibility index (Phi) is 8.54. The molecule has 1 aromatic rings. The Hall–Kier alpha value is -1.50. The summed E-state index contributed by atoms with van der Waals surface area (Å²) < 4.78 is 0. The van der Waals surface area contributed by atoms with Crippen molar-refractivity contribution in [1.82, 2.24) is 0 Å². The normalized spacial score (nSPS) is 11.6. The van der Waals surface area contributed by atoms with Crippen LogP contribution in [0, 0.1) is 0 Å². The standard InChI is InChI=1S/C18H26O/c1-2-3-4-5-6-7-8-9-10-11-13-17-14-12-15-18(19)16-17/h9-16,19H,2-8H2,1H3/b10-9+,13-11+. The van der Waals surface area contributed by atoms with Crippen molar-refractivity contribution in [1.29, 1.82) is 0 Å². The zero-order chi connectivity index (χ0) is 13.8. The Morgan fingerprint density at radius 2 is 1.79 bits per heavy atom. The van der Waals surface area contributed by atoms with Crippen LogP contribution in [0.15, 0.2) is 42.5 Å². The Bertz CT molecular complexity index is 390. The van der Waals surface area contributed by atoms with E-state index in [0.717, 1.165) is 12.0 Å². The van der Waals surface area contributed by atoms with Gasteiger partial charge in [-0.15, -0.1) is 0 Å². The molecule has 0 saturated carbocycles. The molecule has 0 aliphatic heterocycles. The molecule has 0 atom stereocenters. The monoisotopic (exact) mass is 258 g/mol. The maximum atomic E-state index is 9.32. The molecule has 0 spiro atoms. The summed E-state index contributed by atoms with van der Waals surface area (Å²) in [6.07, 6.45) is 17.6. The largest absolute Gasteiger partial charge is 0.508 e. The van der Waals surface area contributed by atoms with Gasteiger partial charge >= 0.3 is 0 Å². The molecule has 0 amide bonds. The van der Waals surface area contributed by atoms with Crippen LogP contribution >= 0.6 is 0 Å². The SMILES string of the molecule is CCCCCCCC/C=C/C=C/c1cccc(O)c1. The van der Waals surface area contributed by atoms with E-state index in [-0.39, 0.29) is 0 Å². The molecule has 1 aromatic carbocycles. The summed E-state index contributed by atoms with van der Waals surface area (Å²) in [6.45, 7) is 2.25. The molecule has 0 fully saturated rings. The van der Waals surface area contributed by atoms with Crippen LogP contribution < -0.4 is 0 Å². The van der Waals surface area contributed by atoms with Crippen molar-refractivity contribution in [3.8, 4) is 5.75 Å². The highest BCUT2D eigenvalue weighted by Crippen LogP contribution is 2.12. The summed E-state index contributed by atoms with van der Waals surface area (Å²) in [7, 11) is 0. The summed E-state index contributed by atoms with van der Waals surface area (Å²) in [5.74, 6) is 0.318. The first-order chi connectivity index (χ1) is 9.33. The second kappa shape index (κ2) is 10.4. The van der Waals surface area contributed by atoms with Crippen LogP contribution in [0.1, 0.15) is 57.4 Å². The molecule has 0 saturated heterocycles. The number of hydrogen-bond acceptors (Lipinski definition) is 1. The van der Waals surface area contributed by atoms with Crippen LogP contribution in [0.25, 0.3) is 6.08 Å². The van der Waals surface area contributed by atoms with Crippen molar-refractivity contribution in [2.75, 3.05) is 0 Å². The van der Waals surface area contributed by atoms with Gasteiger partial charge in [-0.2, -0.15) is 0 Å². The third-order valence-electron chi connectivity index (χ3n) is 3.13. The number of phenolic OH excluding ortho intramolecular Hbond substituents is 1. The minimum absolute atomic E-state index is 0.318. The quantitative estimate of drug-likeness (QED) is 0.444. The van der Waals surface area contributed by atoms with Gasteiger partial charge in [-0.25, -0.2) is 0 Å². The van der Waals surface area contributed by atoms with E-state index in [4.69, 9.17) is 0 Å². The van der Waals surface area contributed by atoms with Crippen LogP contribution in [0.5, 0.6) is 5.75 Å². The molecule has 0 aliphatic carbocycles. The summed E-state index contributed by atoms with van der Waals surface area (Å²) >= 11 is 0. The molecular weight excluding hydrogens is 232 g/mol. The fourth-order valence-electron chi connectivity index (χ4n) is 2.01. The van der Waals surface area contributed by atoms with Crippen molar-refractivity contribution in [2.24, 2.45) is 0 Å². The van der Waals surface area contributed by atoms with E-state index < -0.39 is 0 Å². The van der Waals surface area contributed by atoms with Crippen LogP contribution in [0.2, 0.25) is 0 Å². The summed E-state index contributed by atoms with van der Waals surface area (Å²) in [5, 5.41) is 9.32. The first kappa shape index (κ1) is 15.6. The Morgan fingerprint density at radius 1 is 1.00 bits per heavy atom. The predicted octanol–water partition coefficient (Wildman–Crippen LogP) is 5.71. The van der Waals surface area contributed by atoms with E-state index >= 15 is 0 Å². The minimum atomic E-state index is 0.318. The lowest BCUT2D eigenvalue weighted by Crippen LogP contribution is -1.77.